The summed E-state index contributed by atoms with van der Waals surface area (Å²) in [7, 11) is 0. The van der Waals surface area contributed by atoms with Crippen molar-refractivity contribution in [3.63, 3.8) is 0 Å². The summed E-state index contributed by atoms with van der Waals surface area (Å²) in [6, 6.07) is 2.96. The van der Waals surface area contributed by atoms with Crippen molar-refractivity contribution in [2.45, 2.75) is 19.1 Å². The van der Waals surface area contributed by atoms with Crippen molar-refractivity contribution in [1.82, 2.24) is 0 Å². The van der Waals surface area contributed by atoms with Crippen molar-refractivity contribution in [3.8, 4) is 0 Å². The molecule has 1 rings (SSSR count). The van der Waals surface area contributed by atoms with Gasteiger partial charge >= 0.3 is 5.97 Å². The average molecular weight is 308 g/mol. The Morgan fingerprint density at radius 1 is 1.44 bits per heavy atom. The van der Waals surface area contributed by atoms with Gasteiger partial charge in [0.05, 0.1) is 15.6 Å². The van der Waals surface area contributed by atoms with Crippen molar-refractivity contribution in [2.75, 3.05) is 18.1 Å². The highest BCUT2D eigenvalue weighted by Gasteiger charge is 2.15. The fraction of sp³-hybridized carbons (Fsp3) is 0.417. The second-order valence-corrected chi connectivity index (χ2v) is 6.39. The van der Waals surface area contributed by atoms with Crippen molar-refractivity contribution in [2.24, 2.45) is 0 Å². The molecule has 100 valence electrons. The van der Waals surface area contributed by atoms with E-state index in [0.717, 1.165) is 5.75 Å². The van der Waals surface area contributed by atoms with Gasteiger partial charge < -0.3 is 10.5 Å². The van der Waals surface area contributed by atoms with E-state index in [1.165, 1.54) is 12.1 Å². The number of carbonyl (C=O) groups excluding carboxylic acids is 1. The highest BCUT2D eigenvalue weighted by Crippen LogP contribution is 2.29. The number of nitrogen functional groups attached to an aromatic ring is 1. The number of hydrogen-bond donors (Lipinski definition) is 1. The van der Waals surface area contributed by atoms with Crippen molar-refractivity contribution in [1.29, 1.82) is 0 Å². The third-order valence-corrected chi connectivity index (χ3v) is 3.91. The third kappa shape index (κ3) is 4.59. The molecular weight excluding hydrogens is 293 g/mol. The Morgan fingerprint density at radius 2 is 2.11 bits per heavy atom. The predicted octanol–water partition coefficient (Wildman–Crippen LogP) is 3.87. The third-order valence-electron chi connectivity index (χ3n) is 2.04. The molecule has 0 bridgehead atoms. The van der Waals surface area contributed by atoms with Crippen LogP contribution in [0.3, 0.4) is 0 Å². The van der Waals surface area contributed by atoms with Gasteiger partial charge in [0.25, 0.3) is 0 Å². The number of halogens is 2. The molecule has 3 nitrogen and oxygen atoms in total. The molecule has 0 spiro atoms. The highest BCUT2D eigenvalue weighted by molar-refractivity contribution is 7.99. The van der Waals surface area contributed by atoms with Crippen LogP contribution in [0.15, 0.2) is 12.1 Å². The van der Waals surface area contributed by atoms with Crippen LogP contribution in [0.4, 0.5) is 5.69 Å². The number of rotatable bonds is 5. The van der Waals surface area contributed by atoms with Crippen LogP contribution in [0, 0.1) is 0 Å². The second-order valence-electron chi connectivity index (χ2n) is 3.92. The quantitative estimate of drug-likeness (QED) is 0.509. The summed E-state index contributed by atoms with van der Waals surface area (Å²) < 4.78 is 5.11. The summed E-state index contributed by atoms with van der Waals surface area (Å²) >= 11 is 13.5. The molecule has 6 heteroatoms. The first-order chi connectivity index (χ1) is 8.41. The molecule has 0 aliphatic rings. The van der Waals surface area contributed by atoms with E-state index in [0.29, 0.717) is 17.5 Å². The number of esters is 1. The molecule has 0 unspecified atom stereocenters. The van der Waals surface area contributed by atoms with E-state index in [9.17, 15) is 4.79 Å². The molecule has 0 aliphatic carbocycles. The van der Waals surface area contributed by atoms with Crippen LogP contribution >= 0.6 is 35.0 Å². The average Bonchev–Trinajstić information content (AvgIpc) is 2.28. The van der Waals surface area contributed by atoms with Gasteiger partial charge in [-0.05, 0) is 17.4 Å². The lowest BCUT2D eigenvalue weighted by Crippen LogP contribution is -2.10. The van der Waals surface area contributed by atoms with Gasteiger partial charge in [-0.1, -0.05) is 37.0 Å². The maximum atomic E-state index is 11.8. The number of hydrogen-bond acceptors (Lipinski definition) is 4. The van der Waals surface area contributed by atoms with Gasteiger partial charge in [-0.2, -0.15) is 11.8 Å². The summed E-state index contributed by atoms with van der Waals surface area (Å²) in [6.45, 7) is 4.51. The van der Waals surface area contributed by atoms with Gasteiger partial charge in [0.15, 0.2) is 0 Å². The first-order valence-electron chi connectivity index (χ1n) is 5.45. The van der Waals surface area contributed by atoms with Crippen LogP contribution in [0.2, 0.25) is 10.0 Å². The minimum absolute atomic E-state index is 0.173. The molecule has 0 atom stereocenters. The van der Waals surface area contributed by atoms with Gasteiger partial charge in [-0.25, -0.2) is 4.79 Å². The SMILES string of the molecule is CC(C)SCCOC(=O)c1cc(N)cc(Cl)c1Cl. The molecule has 0 amide bonds. The van der Waals surface area contributed by atoms with E-state index in [-0.39, 0.29) is 15.6 Å². The van der Waals surface area contributed by atoms with Gasteiger partial charge in [-0.3, -0.25) is 0 Å². The van der Waals surface area contributed by atoms with Crippen LogP contribution in [-0.2, 0) is 4.74 Å². The molecule has 0 aliphatic heterocycles. The molecular formula is C12H15Cl2NO2S. The zero-order valence-electron chi connectivity index (χ0n) is 10.2. The van der Waals surface area contributed by atoms with Crippen molar-refractivity contribution < 1.29 is 9.53 Å². The molecule has 0 saturated heterocycles. The highest BCUT2D eigenvalue weighted by atomic mass is 35.5. The molecule has 18 heavy (non-hydrogen) atoms. The van der Waals surface area contributed by atoms with Crippen LogP contribution in [-0.4, -0.2) is 23.6 Å². The lowest BCUT2D eigenvalue weighted by molar-refractivity contribution is 0.0530. The number of thioether (sulfide) groups is 1. The van der Waals surface area contributed by atoms with E-state index in [4.69, 9.17) is 33.7 Å². The number of benzene rings is 1. The van der Waals surface area contributed by atoms with Gasteiger partial charge in [0.2, 0.25) is 0 Å². The Bertz CT molecular complexity index is 438. The standard InChI is InChI=1S/C12H15Cl2NO2S/c1-7(2)18-4-3-17-12(16)9-5-8(15)6-10(13)11(9)14/h5-7H,3-4,15H2,1-2H3. The summed E-state index contributed by atoms with van der Waals surface area (Å²) in [5, 5.41) is 0.932. The smallest absolute Gasteiger partial charge is 0.339 e. The van der Waals surface area contributed by atoms with Crippen LogP contribution in [0.1, 0.15) is 24.2 Å². The second kappa shape index (κ2) is 7.12. The van der Waals surface area contributed by atoms with E-state index in [1.54, 1.807) is 11.8 Å². The number of nitrogens with two attached hydrogens (primary N) is 1. The lowest BCUT2D eigenvalue weighted by atomic mass is 10.2. The molecule has 0 radical (unpaired) electrons. The minimum atomic E-state index is -0.501. The maximum absolute atomic E-state index is 11.8. The van der Waals surface area contributed by atoms with E-state index in [1.807, 2.05) is 0 Å². The molecule has 1 aromatic rings. The van der Waals surface area contributed by atoms with Crippen molar-refractivity contribution >= 4 is 46.6 Å². The Morgan fingerprint density at radius 3 is 2.72 bits per heavy atom. The Kier molecular flexibility index (Phi) is 6.12. The minimum Gasteiger partial charge on any atom is -0.461 e. The Labute approximate surface area is 121 Å². The summed E-state index contributed by atoms with van der Waals surface area (Å²) in [6.07, 6.45) is 0. The summed E-state index contributed by atoms with van der Waals surface area (Å²) in [5.41, 5.74) is 6.19. The molecule has 0 saturated carbocycles. The van der Waals surface area contributed by atoms with Gasteiger partial charge in [0, 0.05) is 11.4 Å². The van der Waals surface area contributed by atoms with Gasteiger partial charge in [-0.15, -0.1) is 0 Å². The molecule has 0 fully saturated rings. The molecule has 1 aromatic carbocycles. The Balaban J connectivity index is 2.62. The van der Waals surface area contributed by atoms with Crippen LogP contribution < -0.4 is 5.73 Å². The first kappa shape index (κ1) is 15.5. The molecule has 0 heterocycles. The monoisotopic (exact) mass is 307 g/mol. The summed E-state index contributed by atoms with van der Waals surface area (Å²) in [5.74, 6) is 0.246. The maximum Gasteiger partial charge on any atom is 0.339 e. The zero-order valence-corrected chi connectivity index (χ0v) is 12.5. The fourth-order valence-corrected chi connectivity index (χ4v) is 2.32. The summed E-state index contributed by atoms with van der Waals surface area (Å²) in [4.78, 5) is 11.8. The van der Waals surface area contributed by atoms with E-state index >= 15 is 0 Å². The predicted molar refractivity (Wildman–Crippen MR) is 78.8 cm³/mol. The number of anilines is 1. The molecule has 0 aromatic heterocycles. The zero-order chi connectivity index (χ0) is 13.7. The topological polar surface area (TPSA) is 52.3 Å². The lowest BCUT2D eigenvalue weighted by Gasteiger charge is -2.09. The number of ether oxygens (including phenoxy) is 1. The van der Waals surface area contributed by atoms with Crippen molar-refractivity contribution in [3.05, 3.63) is 27.7 Å². The molecule has 2 N–H and O–H groups in total. The largest absolute Gasteiger partial charge is 0.461 e. The normalized spacial score (nSPS) is 10.7. The van der Waals surface area contributed by atoms with E-state index in [2.05, 4.69) is 13.8 Å². The first-order valence-corrected chi connectivity index (χ1v) is 7.25. The van der Waals surface area contributed by atoms with Crippen LogP contribution in [0.5, 0.6) is 0 Å². The number of carbonyl (C=O) groups is 1. The fourth-order valence-electron chi connectivity index (χ4n) is 1.25. The van der Waals surface area contributed by atoms with Gasteiger partial charge in [0.1, 0.15) is 6.61 Å². The van der Waals surface area contributed by atoms with Crippen LogP contribution in [0.25, 0.3) is 0 Å². The van der Waals surface area contributed by atoms with E-state index < -0.39 is 5.97 Å². The Hall–Kier alpha value is -0.580.